The van der Waals surface area contributed by atoms with Gasteiger partial charge in [0.1, 0.15) is 0 Å². The second kappa shape index (κ2) is 10.1. The van der Waals surface area contributed by atoms with Gasteiger partial charge >= 0.3 is 0 Å². The van der Waals surface area contributed by atoms with Gasteiger partial charge in [-0.2, -0.15) is 0 Å². The van der Waals surface area contributed by atoms with Crippen LogP contribution < -0.4 is 0 Å². The number of hydrogen-bond donors (Lipinski definition) is 0. The Labute approximate surface area is 274 Å². The molecule has 2 aromatic heterocycles. The van der Waals surface area contributed by atoms with Crippen LogP contribution in [0.2, 0.25) is 0 Å². The molecule has 0 fully saturated rings. The van der Waals surface area contributed by atoms with Crippen LogP contribution in [-0.2, 0) is 0 Å². The van der Waals surface area contributed by atoms with Gasteiger partial charge in [0.25, 0.3) is 0 Å². The monoisotopic (exact) mass is 618 g/mol. The quantitative estimate of drug-likeness (QED) is 0.173. The lowest BCUT2D eigenvalue weighted by Gasteiger charge is -2.17. The highest BCUT2D eigenvalue weighted by Gasteiger charge is 2.18. The fourth-order valence-electron chi connectivity index (χ4n) is 7.39. The second-order valence-corrected chi connectivity index (χ2v) is 14.1. The third-order valence-electron chi connectivity index (χ3n) is 9.51. The molecule has 0 unspecified atom stereocenters. The van der Waals surface area contributed by atoms with Gasteiger partial charge in [0, 0.05) is 35.8 Å². The summed E-state index contributed by atoms with van der Waals surface area (Å²) in [7, 11) is 0. The molecule has 0 N–H and O–H groups in total. The maximum absolute atomic E-state index is 2.43. The minimum Gasteiger partial charge on any atom is -0.143 e. The van der Waals surface area contributed by atoms with Crippen molar-refractivity contribution in [2.75, 3.05) is 0 Å². The normalized spacial score (nSPS) is 11.9. The Hall–Kier alpha value is -5.28. The second-order valence-electron chi connectivity index (χ2n) is 12.1. The highest BCUT2D eigenvalue weighted by Crippen LogP contribution is 2.46. The van der Waals surface area contributed by atoms with Gasteiger partial charge in [-0.05, 0) is 89.8 Å². The van der Waals surface area contributed by atoms with Gasteiger partial charge in [-0.1, -0.05) is 127 Å². The SMILES string of the molecule is c1ccc(-c2c3ccccc3c(-c3ccc4c(c3)sc3cc5c(-c6ccc7ccccc7c6)csc5cc34)c3ccccc23)cc1. The molecule has 214 valence electrons. The zero-order valence-electron chi connectivity index (χ0n) is 24.8. The zero-order chi connectivity index (χ0) is 30.2. The molecule has 0 nitrogen and oxygen atoms in total. The largest absolute Gasteiger partial charge is 0.143 e. The first kappa shape index (κ1) is 26.0. The van der Waals surface area contributed by atoms with Crippen molar-refractivity contribution in [2.45, 2.75) is 0 Å². The lowest BCUT2D eigenvalue weighted by Crippen LogP contribution is -1.90. The fourth-order valence-corrected chi connectivity index (χ4v) is 9.54. The third kappa shape index (κ3) is 3.91. The summed E-state index contributed by atoms with van der Waals surface area (Å²) in [6.45, 7) is 0. The first-order chi connectivity index (χ1) is 22.8. The van der Waals surface area contributed by atoms with Crippen molar-refractivity contribution in [3.63, 3.8) is 0 Å². The summed E-state index contributed by atoms with van der Waals surface area (Å²) < 4.78 is 4.01. The van der Waals surface area contributed by atoms with E-state index in [9.17, 15) is 0 Å². The Balaban J connectivity index is 1.18. The first-order valence-electron chi connectivity index (χ1n) is 15.7. The molecule has 46 heavy (non-hydrogen) atoms. The van der Waals surface area contributed by atoms with Crippen molar-refractivity contribution >= 4 is 85.2 Å². The van der Waals surface area contributed by atoms with Gasteiger partial charge in [-0.15, -0.1) is 22.7 Å². The van der Waals surface area contributed by atoms with E-state index in [-0.39, 0.29) is 0 Å². The number of fused-ring (bicyclic) bond motifs is 7. The minimum absolute atomic E-state index is 1.25. The average Bonchev–Trinajstić information content (AvgIpc) is 3.69. The lowest BCUT2D eigenvalue weighted by molar-refractivity contribution is 1.66. The number of benzene rings is 8. The smallest absolute Gasteiger partial charge is 0.0362 e. The highest BCUT2D eigenvalue weighted by atomic mass is 32.1. The van der Waals surface area contributed by atoms with E-state index in [1.165, 1.54) is 96.0 Å². The van der Waals surface area contributed by atoms with E-state index in [0.717, 1.165) is 0 Å². The summed E-state index contributed by atoms with van der Waals surface area (Å²) >= 11 is 3.76. The molecule has 0 atom stereocenters. The van der Waals surface area contributed by atoms with E-state index >= 15 is 0 Å². The highest BCUT2D eigenvalue weighted by molar-refractivity contribution is 7.26. The maximum atomic E-state index is 2.43. The predicted octanol–water partition coefficient (Wildman–Crippen LogP) is 13.7. The molecule has 8 aromatic carbocycles. The van der Waals surface area contributed by atoms with Crippen molar-refractivity contribution in [1.82, 2.24) is 0 Å². The molecule has 0 saturated heterocycles. The average molecular weight is 619 g/mol. The van der Waals surface area contributed by atoms with Crippen molar-refractivity contribution in [3.8, 4) is 33.4 Å². The van der Waals surface area contributed by atoms with Crippen LogP contribution in [0.1, 0.15) is 0 Å². The molecule has 0 radical (unpaired) electrons. The van der Waals surface area contributed by atoms with Gasteiger partial charge < -0.3 is 0 Å². The minimum atomic E-state index is 1.25. The van der Waals surface area contributed by atoms with E-state index in [0.29, 0.717) is 0 Å². The molecule has 0 aliphatic rings. The topological polar surface area (TPSA) is 0 Å². The standard InChI is InChI=1S/C44H26S2/c1-2-11-28(12-3-1)43-33-14-6-8-16-35(33)44(36-17-9-7-15-34(36)43)31-20-21-32-37-24-40-38(25-42(37)46-41(32)23-31)39(26-45-40)30-19-18-27-10-4-5-13-29(27)22-30/h1-26H. The molecule has 0 saturated carbocycles. The molecule has 2 heteroatoms. The molecule has 0 bridgehead atoms. The van der Waals surface area contributed by atoms with Crippen LogP contribution in [0.4, 0.5) is 0 Å². The summed E-state index contributed by atoms with van der Waals surface area (Å²) in [5.74, 6) is 0. The Morgan fingerprint density at radius 3 is 1.65 bits per heavy atom. The Morgan fingerprint density at radius 1 is 0.326 bits per heavy atom. The number of rotatable bonds is 3. The summed E-state index contributed by atoms with van der Waals surface area (Å²) in [6, 6.07) is 56.1. The van der Waals surface area contributed by atoms with Crippen molar-refractivity contribution < 1.29 is 0 Å². The van der Waals surface area contributed by atoms with E-state index < -0.39 is 0 Å². The van der Waals surface area contributed by atoms with Crippen LogP contribution in [0.25, 0.3) is 96.0 Å². The van der Waals surface area contributed by atoms with Gasteiger partial charge in [-0.3, -0.25) is 0 Å². The summed E-state index contributed by atoms with van der Waals surface area (Å²) in [4.78, 5) is 0. The Morgan fingerprint density at radius 2 is 0.913 bits per heavy atom. The molecule has 0 spiro atoms. The van der Waals surface area contributed by atoms with Crippen LogP contribution in [0, 0.1) is 0 Å². The van der Waals surface area contributed by atoms with Gasteiger partial charge in [0.15, 0.2) is 0 Å². The first-order valence-corrected chi connectivity index (χ1v) is 17.4. The van der Waals surface area contributed by atoms with Crippen LogP contribution in [0.15, 0.2) is 157 Å². The predicted molar refractivity (Wildman–Crippen MR) is 204 cm³/mol. The summed E-state index contributed by atoms with van der Waals surface area (Å²) in [5.41, 5.74) is 7.74. The van der Waals surface area contributed by atoms with Crippen molar-refractivity contribution in [2.24, 2.45) is 0 Å². The van der Waals surface area contributed by atoms with Gasteiger partial charge in [-0.25, -0.2) is 0 Å². The van der Waals surface area contributed by atoms with Gasteiger partial charge in [0.2, 0.25) is 0 Å². The fraction of sp³-hybridized carbons (Fsp3) is 0. The Kier molecular flexibility index (Phi) is 5.72. The third-order valence-corrected chi connectivity index (χ3v) is 11.6. The molecular weight excluding hydrogens is 593 g/mol. The molecule has 10 rings (SSSR count). The zero-order valence-corrected chi connectivity index (χ0v) is 26.5. The van der Waals surface area contributed by atoms with Crippen LogP contribution >= 0.6 is 22.7 Å². The number of hydrogen-bond acceptors (Lipinski definition) is 2. The van der Waals surface area contributed by atoms with E-state index in [1.54, 1.807) is 0 Å². The molecule has 0 amide bonds. The van der Waals surface area contributed by atoms with Gasteiger partial charge in [0.05, 0.1) is 0 Å². The molecule has 0 aliphatic carbocycles. The lowest BCUT2D eigenvalue weighted by atomic mass is 9.86. The van der Waals surface area contributed by atoms with Crippen molar-refractivity contribution in [3.05, 3.63) is 157 Å². The van der Waals surface area contributed by atoms with Crippen molar-refractivity contribution in [1.29, 1.82) is 0 Å². The van der Waals surface area contributed by atoms with E-state index in [1.807, 2.05) is 22.7 Å². The maximum Gasteiger partial charge on any atom is 0.0362 e. The summed E-state index contributed by atoms with van der Waals surface area (Å²) in [6.07, 6.45) is 0. The molecule has 2 heterocycles. The van der Waals surface area contributed by atoms with Crippen LogP contribution in [-0.4, -0.2) is 0 Å². The molecule has 0 aliphatic heterocycles. The molecule has 10 aromatic rings. The molecular formula is C44H26S2. The number of thiophene rings is 2. The van der Waals surface area contributed by atoms with E-state index in [2.05, 4.69) is 157 Å². The van der Waals surface area contributed by atoms with Crippen LogP contribution in [0.3, 0.4) is 0 Å². The summed E-state index contributed by atoms with van der Waals surface area (Å²) in [5, 5.41) is 14.1. The Bertz CT molecular complexity index is 2740. The van der Waals surface area contributed by atoms with Crippen LogP contribution in [0.5, 0.6) is 0 Å². The van der Waals surface area contributed by atoms with E-state index in [4.69, 9.17) is 0 Å².